The minimum atomic E-state index is -0.366. The van der Waals surface area contributed by atoms with Gasteiger partial charge >= 0.3 is 6.03 Å². The molecule has 0 aliphatic carbocycles. The van der Waals surface area contributed by atoms with Crippen LogP contribution in [0.2, 0.25) is 0 Å². The van der Waals surface area contributed by atoms with E-state index in [1.54, 1.807) is 48.9 Å². The highest BCUT2D eigenvalue weighted by Crippen LogP contribution is 2.29. The molecule has 0 saturated carbocycles. The Morgan fingerprint density at radius 2 is 1.76 bits per heavy atom. The van der Waals surface area contributed by atoms with Gasteiger partial charge in [-0.05, 0) is 49.4 Å². The summed E-state index contributed by atoms with van der Waals surface area (Å²) >= 11 is 0. The number of furan rings is 1. The lowest BCUT2D eigenvalue weighted by atomic mass is 10.1. The third kappa shape index (κ3) is 4.57. The van der Waals surface area contributed by atoms with Gasteiger partial charge in [0, 0.05) is 17.4 Å². The van der Waals surface area contributed by atoms with Crippen molar-refractivity contribution in [3.05, 3.63) is 60.5 Å². The summed E-state index contributed by atoms with van der Waals surface area (Å²) in [4.78, 5) is 32.6. The third-order valence-corrected chi connectivity index (χ3v) is 5.66. The Morgan fingerprint density at radius 3 is 2.48 bits per heavy atom. The monoisotopic (exact) mass is 449 g/mol. The topological polar surface area (TPSA) is 128 Å². The highest BCUT2D eigenvalue weighted by molar-refractivity contribution is 5.95. The molecule has 4 heterocycles. The van der Waals surface area contributed by atoms with E-state index in [4.69, 9.17) is 13.9 Å². The van der Waals surface area contributed by atoms with Gasteiger partial charge in [-0.3, -0.25) is 4.79 Å². The van der Waals surface area contributed by atoms with Crippen LogP contribution < -0.4 is 16.0 Å². The fraction of sp³-hybridized carbons (Fsp3) is 0.304. The average molecular weight is 449 g/mol. The number of ketones is 1. The van der Waals surface area contributed by atoms with Gasteiger partial charge < -0.3 is 29.8 Å². The van der Waals surface area contributed by atoms with Crippen LogP contribution in [0.4, 0.5) is 16.4 Å². The van der Waals surface area contributed by atoms with Crippen molar-refractivity contribution < 1.29 is 23.5 Å². The molecule has 2 aliphatic rings. The summed E-state index contributed by atoms with van der Waals surface area (Å²) in [6.07, 6.45) is 2.72. The maximum absolute atomic E-state index is 12.5. The number of anilines is 2. The molecule has 0 radical (unpaired) electrons. The van der Waals surface area contributed by atoms with E-state index in [1.807, 2.05) is 6.07 Å². The van der Waals surface area contributed by atoms with Crippen LogP contribution in [-0.4, -0.2) is 59.3 Å². The minimum absolute atomic E-state index is 0.0280. The predicted molar refractivity (Wildman–Crippen MR) is 119 cm³/mol. The number of urea groups is 1. The molecule has 10 nitrogen and oxygen atoms in total. The second-order valence-corrected chi connectivity index (χ2v) is 7.93. The molecule has 2 fully saturated rings. The minimum Gasteiger partial charge on any atom is -0.463 e. The third-order valence-electron chi connectivity index (χ3n) is 5.66. The molecule has 4 atom stereocenters. The molecule has 2 saturated heterocycles. The van der Waals surface area contributed by atoms with Crippen LogP contribution in [0.5, 0.6) is 0 Å². The summed E-state index contributed by atoms with van der Waals surface area (Å²) in [5, 5.41) is 8.95. The molecular weight excluding hydrogens is 426 g/mol. The second kappa shape index (κ2) is 9.00. The van der Waals surface area contributed by atoms with Gasteiger partial charge in [0.1, 0.15) is 17.9 Å². The largest absolute Gasteiger partial charge is 0.463 e. The van der Waals surface area contributed by atoms with Gasteiger partial charge in [-0.2, -0.15) is 0 Å². The molecule has 2 amide bonds. The molecule has 0 spiro atoms. The molecule has 1 aromatic carbocycles. The lowest BCUT2D eigenvalue weighted by Gasteiger charge is -2.18. The van der Waals surface area contributed by atoms with Gasteiger partial charge in [-0.15, -0.1) is 0 Å². The SMILES string of the molecule is CC(=O)c1ccc(NC(=O)NC2COC3C(Nc4nccc(-c5ccco5)n4)COC23)cc1. The Kier molecular flexibility index (Phi) is 5.76. The van der Waals surface area contributed by atoms with Gasteiger partial charge in [0.05, 0.1) is 31.6 Å². The van der Waals surface area contributed by atoms with Gasteiger partial charge in [0.2, 0.25) is 5.95 Å². The molecule has 0 bridgehead atoms. The van der Waals surface area contributed by atoms with E-state index in [9.17, 15) is 9.59 Å². The number of Topliss-reactive ketones (excluding diaryl/α,β-unsaturated/α-hetero) is 1. The number of hydrogen-bond donors (Lipinski definition) is 3. The number of carbonyl (C=O) groups is 2. The molecule has 5 rings (SSSR count). The Morgan fingerprint density at radius 1 is 1.00 bits per heavy atom. The van der Waals surface area contributed by atoms with E-state index >= 15 is 0 Å². The van der Waals surface area contributed by atoms with Crippen molar-refractivity contribution in [3.63, 3.8) is 0 Å². The highest BCUT2D eigenvalue weighted by atomic mass is 16.6. The molecule has 10 heteroatoms. The lowest BCUT2D eigenvalue weighted by Crippen LogP contribution is -2.46. The number of aromatic nitrogens is 2. The van der Waals surface area contributed by atoms with E-state index in [0.717, 1.165) is 0 Å². The molecular formula is C23H23N5O5. The molecule has 170 valence electrons. The highest BCUT2D eigenvalue weighted by Gasteiger charge is 2.48. The van der Waals surface area contributed by atoms with Gasteiger partial charge in [0.25, 0.3) is 0 Å². The Balaban J connectivity index is 1.17. The summed E-state index contributed by atoms with van der Waals surface area (Å²) in [5.74, 6) is 1.08. The summed E-state index contributed by atoms with van der Waals surface area (Å²) < 4.78 is 17.3. The molecule has 4 unspecified atom stereocenters. The summed E-state index contributed by atoms with van der Waals surface area (Å²) in [5.41, 5.74) is 1.85. The summed E-state index contributed by atoms with van der Waals surface area (Å²) in [6.45, 7) is 2.23. The van der Waals surface area contributed by atoms with Crippen LogP contribution in [0.1, 0.15) is 17.3 Å². The van der Waals surface area contributed by atoms with Crippen molar-refractivity contribution in [3.8, 4) is 11.5 Å². The van der Waals surface area contributed by atoms with Crippen molar-refractivity contribution in [2.75, 3.05) is 23.8 Å². The second-order valence-electron chi connectivity index (χ2n) is 7.93. The van der Waals surface area contributed by atoms with Gasteiger partial charge in [0.15, 0.2) is 11.5 Å². The van der Waals surface area contributed by atoms with Gasteiger partial charge in [-0.1, -0.05) is 0 Å². The number of carbonyl (C=O) groups excluding carboxylic acids is 2. The van der Waals surface area contributed by atoms with E-state index < -0.39 is 0 Å². The fourth-order valence-electron chi connectivity index (χ4n) is 4.03. The van der Waals surface area contributed by atoms with Crippen molar-refractivity contribution in [1.82, 2.24) is 15.3 Å². The quantitative estimate of drug-likeness (QED) is 0.490. The number of nitrogens with zero attached hydrogens (tertiary/aromatic N) is 2. The molecule has 3 aromatic rings. The molecule has 33 heavy (non-hydrogen) atoms. The van der Waals surface area contributed by atoms with E-state index in [0.29, 0.717) is 41.9 Å². The zero-order valence-electron chi connectivity index (χ0n) is 17.9. The average Bonchev–Trinajstić information content (AvgIpc) is 3.55. The van der Waals surface area contributed by atoms with Crippen LogP contribution in [-0.2, 0) is 9.47 Å². The number of amides is 2. The maximum Gasteiger partial charge on any atom is 0.319 e. The van der Waals surface area contributed by atoms with Crippen LogP contribution in [0, 0.1) is 0 Å². The van der Waals surface area contributed by atoms with E-state index in [2.05, 4.69) is 25.9 Å². The maximum atomic E-state index is 12.5. The molecule has 2 aliphatic heterocycles. The van der Waals surface area contributed by atoms with Gasteiger partial charge in [-0.25, -0.2) is 14.8 Å². The van der Waals surface area contributed by atoms with Crippen molar-refractivity contribution in [2.24, 2.45) is 0 Å². The first-order chi connectivity index (χ1) is 16.1. The van der Waals surface area contributed by atoms with E-state index in [1.165, 1.54) is 6.92 Å². The van der Waals surface area contributed by atoms with Crippen molar-refractivity contribution in [2.45, 2.75) is 31.2 Å². The zero-order chi connectivity index (χ0) is 22.8. The van der Waals surface area contributed by atoms with Crippen molar-refractivity contribution >= 4 is 23.5 Å². The Hall–Kier alpha value is -3.76. The first kappa shape index (κ1) is 21.1. The number of fused-ring (bicyclic) bond motifs is 1. The van der Waals surface area contributed by atoms with Crippen LogP contribution in [0.15, 0.2) is 59.3 Å². The Labute approximate surface area is 189 Å². The predicted octanol–water partition coefficient (Wildman–Crippen LogP) is 2.71. The fourth-order valence-corrected chi connectivity index (χ4v) is 4.03. The van der Waals surface area contributed by atoms with Crippen molar-refractivity contribution in [1.29, 1.82) is 0 Å². The first-order valence-corrected chi connectivity index (χ1v) is 10.6. The molecule has 2 aromatic heterocycles. The van der Waals surface area contributed by atoms with E-state index in [-0.39, 0.29) is 36.1 Å². The summed E-state index contributed by atoms with van der Waals surface area (Å²) in [7, 11) is 0. The number of nitrogens with one attached hydrogen (secondary N) is 3. The smallest absolute Gasteiger partial charge is 0.319 e. The standard InChI is InChI=1S/C23H23N5O5/c1-13(29)14-4-6-15(7-5-14)25-23(30)28-18-12-33-20-17(11-32-21(18)20)27-22-24-9-8-16(26-22)19-3-2-10-31-19/h2-10,17-18,20-21H,11-12H2,1H3,(H,24,26,27)(H2,25,28,30). The number of ether oxygens (including phenoxy) is 2. The zero-order valence-corrected chi connectivity index (χ0v) is 17.9. The van der Waals surface area contributed by atoms with Crippen LogP contribution >= 0.6 is 0 Å². The number of benzene rings is 1. The lowest BCUT2D eigenvalue weighted by molar-refractivity contribution is 0.0683. The summed E-state index contributed by atoms with van der Waals surface area (Å²) in [6, 6.07) is 11.3. The normalized spacial score (nSPS) is 23.7. The number of rotatable bonds is 6. The molecule has 3 N–H and O–H groups in total. The first-order valence-electron chi connectivity index (χ1n) is 10.6. The van der Waals surface area contributed by atoms with Crippen LogP contribution in [0.3, 0.4) is 0 Å². The Bertz CT molecular complexity index is 1130. The number of hydrogen-bond acceptors (Lipinski definition) is 8. The van der Waals surface area contributed by atoms with Crippen LogP contribution in [0.25, 0.3) is 11.5 Å².